The van der Waals surface area contributed by atoms with Gasteiger partial charge in [-0.25, -0.2) is 0 Å². The van der Waals surface area contributed by atoms with Crippen molar-refractivity contribution in [1.82, 2.24) is 0 Å². The number of fused-ring (bicyclic) bond motifs is 16. The smallest absolute Gasteiger partial charge is 0.312 e. The van der Waals surface area contributed by atoms with Crippen molar-refractivity contribution in [2.24, 2.45) is 65.1 Å². The van der Waals surface area contributed by atoms with Crippen molar-refractivity contribution in [1.29, 1.82) is 0 Å². The number of rotatable bonds is 2. The van der Waals surface area contributed by atoms with E-state index in [1.165, 1.54) is 19.3 Å². The second-order valence-corrected chi connectivity index (χ2v) is 11.1. The molecule has 26 heavy (non-hydrogen) atoms. The fourth-order valence-electron chi connectivity index (χ4n) is 9.22. The third kappa shape index (κ3) is 1.82. The van der Waals surface area contributed by atoms with E-state index in [0.29, 0.717) is 11.8 Å². The highest BCUT2D eigenvalue weighted by Crippen LogP contribution is 2.76. The van der Waals surface area contributed by atoms with Crippen molar-refractivity contribution in [2.75, 3.05) is 7.11 Å². The largest absolute Gasteiger partial charge is 0.460 e. The average molecular weight is 357 g/mol. The van der Waals surface area contributed by atoms with Gasteiger partial charge in [-0.05, 0) is 99.2 Å². The van der Waals surface area contributed by atoms with Crippen molar-refractivity contribution in [3.63, 3.8) is 0 Å². The summed E-state index contributed by atoms with van der Waals surface area (Å²) in [5, 5.41) is 0. The van der Waals surface area contributed by atoms with Gasteiger partial charge in [0.05, 0.1) is 12.0 Å². The predicted molar refractivity (Wildman–Crippen MR) is 98.0 cm³/mol. The molecule has 0 aromatic heterocycles. The Morgan fingerprint density at radius 2 is 1.42 bits per heavy atom. The Balaban J connectivity index is 1.33. The number of carbonyl (C=O) groups excluding carboxylic acids is 1. The first-order chi connectivity index (χ1) is 12.4. The average Bonchev–Trinajstić information content (AvgIpc) is 3.37. The molecule has 6 rings (SSSR count). The van der Waals surface area contributed by atoms with Gasteiger partial charge in [0.1, 0.15) is 5.60 Å². The summed E-state index contributed by atoms with van der Waals surface area (Å²) >= 11 is 0. The minimum atomic E-state index is -0.411. The zero-order chi connectivity index (χ0) is 18.0. The molecule has 0 N–H and O–H groups in total. The van der Waals surface area contributed by atoms with E-state index in [2.05, 4.69) is 12.2 Å². The number of methoxy groups -OCH3 is 1. The molecule has 0 aromatic carbocycles. The van der Waals surface area contributed by atoms with Gasteiger partial charge in [0.2, 0.25) is 0 Å². The molecule has 0 aromatic rings. The van der Waals surface area contributed by atoms with Gasteiger partial charge in [-0.3, -0.25) is 4.79 Å². The lowest BCUT2D eigenvalue weighted by molar-refractivity contribution is -0.172. The van der Waals surface area contributed by atoms with Crippen LogP contribution in [0.3, 0.4) is 0 Å². The molecule has 0 aliphatic heterocycles. The Bertz CT molecular complexity index is 675. The summed E-state index contributed by atoms with van der Waals surface area (Å²) in [6, 6.07) is 0. The van der Waals surface area contributed by atoms with Crippen molar-refractivity contribution in [3.8, 4) is 0 Å². The Hall–Kier alpha value is -0.830. The maximum Gasteiger partial charge on any atom is 0.312 e. The van der Waals surface area contributed by atoms with Crippen LogP contribution in [-0.2, 0) is 14.3 Å². The van der Waals surface area contributed by atoms with Crippen molar-refractivity contribution < 1.29 is 14.3 Å². The van der Waals surface area contributed by atoms with E-state index in [-0.39, 0.29) is 18.0 Å². The molecule has 12 atom stereocenters. The molecule has 6 aliphatic carbocycles. The standard InChI is InChI=1S/C23H32O3/c1-23(2,3)26-22(24)20-14-9-15(21(20)25-4)19-13-8-12(18(14)19)16-10-5-6-11(7-10)17(13)16/h5-6,10-21H,7-9H2,1-4H3. The normalized spacial score (nSPS) is 57.7. The molecule has 6 aliphatic rings. The lowest BCUT2D eigenvalue weighted by Gasteiger charge is -2.47. The third-order valence-corrected chi connectivity index (χ3v) is 9.27. The molecule has 6 bridgehead atoms. The SMILES string of the molecule is COC1C2CC(C1C(=O)OC(C)(C)C)C1C3CC(C4C5C=CC(C5)C34)C21. The number of hydrogen-bond donors (Lipinski definition) is 0. The Morgan fingerprint density at radius 3 is 2.00 bits per heavy atom. The summed E-state index contributed by atoms with van der Waals surface area (Å²) in [7, 11) is 1.81. The van der Waals surface area contributed by atoms with Crippen LogP contribution in [-0.4, -0.2) is 24.8 Å². The van der Waals surface area contributed by atoms with Gasteiger partial charge in [0, 0.05) is 7.11 Å². The highest BCUT2D eigenvalue weighted by atomic mass is 16.6. The van der Waals surface area contributed by atoms with Gasteiger partial charge in [0.25, 0.3) is 0 Å². The van der Waals surface area contributed by atoms with Crippen LogP contribution in [0.5, 0.6) is 0 Å². The first-order valence-electron chi connectivity index (χ1n) is 10.8. The Kier molecular flexibility index (Phi) is 3.08. The summed E-state index contributed by atoms with van der Waals surface area (Å²) in [5.74, 6) is 8.01. The first-order valence-corrected chi connectivity index (χ1v) is 10.8. The van der Waals surface area contributed by atoms with Crippen LogP contribution in [0.2, 0.25) is 0 Å². The van der Waals surface area contributed by atoms with Crippen LogP contribution >= 0.6 is 0 Å². The third-order valence-electron chi connectivity index (χ3n) is 9.27. The predicted octanol–water partition coefficient (Wildman–Crippen LogP) is 3.93. The number of esters is 1. The van der Waals surface area contributed by atoms with Gasteiger partial charge in [-0.2, -0.15) is 0 Å². The van der Waals surface area contributed by atoms with E-state index in [0.717, 1.165) is 47.3 Å². The molecule has 142 valence electrons. The second kappa shape index (κ2) is 4.96. The van der Waals surface area contributed by atoms with Crippen LogP contribution in [0.15, 0.2) is 12.2 Å². The lowest BCUT2D eigenvalue weighted by Crippen LogP contribution is -2.50. The van der Waals surface area contributed by atoms with E-state index < -0.39 is 5.60 Å². The molecular formula is C23H32O3. The second-order valence-electron chi connectivity index (χ2n) is 11.1. The van der Waals surface area contributed by atoms with Gasteiger partial charge in [-0.15, -0.1) is 0 Å². The summed E-state index contributed by atoms with van der Waals surface area (Å²) in [6.45, 7) is 5.94. The number of ether oxygens (including phenoxy) is 2. The zero-order valence-corrected chi connectivity index (χ0v) is 16.4. The minimum absolute atomic E-state index is 0.00228. The molecule has 0 spiro atoms. The molecule has 3 heteroatoms. The van der Waals surface area contributed by atoms with E-state index in [4.69, 9.17) is 9.47 Å². The molecule has 3 nitrogen and oxygen atoms in total. The molecule has 0 amide bonds. The molecule has 0 radical (unpaired) electrons. The lowest BCUT2D eigenvalue weighted by atomic mass is 9.59. The molecule has 0 heterocycles. The van der Waals surface area contributed by atoms with Crippen LogP contribution in [0.4, 0.5) is 0 Å². The quantitative estimate of drug-likeness (QED) is 0.427. The van der Waals surface area contributed by atoms with Gasteiger partial charge in [-0.1, -0.05) is 12.2 Å². The van der Waals surface area contributed by atoms with Crippen LogP contribution in [0, 0.1) is 65.1 Å². The summed E-state index contributed by atoms with van der Waals surface area (Å²) < 4.78 is 11.8. The van der Waals surface area contributed by atoms with Crippen molar-refractivity contribution in [3.05, 3.63) is 12.2 Å². The maximum atomic E-state index is 13.1. The molecule has 5 fully saturated rings. The maximum absolute atomic E-state index is 13.1. The van der Waals surface area contributed by atoms with E-state index >= 15 is 0 Å². The van der Waals surface area contributed by atoms with Crippen molar-refractivity contribution in [2.45, 2.75) is 51.7 Å². The topological polar surface area (TPSA) is 35.5 Å². The van der Waals surface area contributed by atoms with Gasteiger partial charge < -0.3 is 9.47 Å². The zero-order valence-electron chi connectivity index (χ0n) is 16.4. The molecular weight excluding hydrogens is 324 g/mol. The van der Waals surface area contributed by atoms with E-state index in [1.54, 1.807) is 0 Å². The number of allylic oxidation sites excluding steroid dienone is 2. The monoisotopic (exact) mass is 356 g/mol. The molecule has 5 saturated carbocycles. The molecule has 12 unspecified atom stereocenters. The van der Waals surface area contributed by atoms with Gasteiger partial charge in [0.15, 0.2) is 0 Å². The van der Waals surface area contributed by atoms with E-state index in [9.17, 15) is 4.79 Å². The van der Waals surface area contributed by atoms with Gasteiger partial charge >= 0.3 is 5.97 Å². The summed E-state index contributed by atoms with van der Waals surface area (Å²) in [5.41, 5.74) is -0.411. The summed E-state index contributed by atoms with van der Waals surface area (Å²) in [4.78, 5) is 13.1. The highest BCUT2D eigenvalue weighted by Gasteiger charge is 2.73. The van der Waals surface area contributed by atoms with Crippen molar-refractivity contribution >= 4 is 5.97 Å². The fourth-order valence-corrected chi connectivity index (χ4v) is 9.22. The number of carbonyl (C=O) groups is 1. The van der Waals surface area contributed by atoms with Crippen LogP contribution in [0.25, 0.3) is 0 Å². The number of hydrogen-bond acceptors (Lipinski definition) is 3. The van der Waals surface area contributed by atoms with E-state index in [1.807, 2.05) is 27.9 Å². The summed E-state index contributed by atoms with van der Waals surface area (Å²) in [6.07, 6.45) is 9.20. The minimum Gasteiger partial charge on any atom is -0.460 e. The van der Waals surface area contributed by atoms with Crippen LogP contribution < -0.4 is 0 Å². The first kappa shape index (κ1) is 16.2. The molecule has 0 saturated heterocycles. The van der Waals surface area contributed by atoms with Crippen LogP contribution in [0.1, 0.15) is 40.0 Å². The Labute approximate surface area is 156 Å². The fraction of sp³-hybridized carbons (Fsp3) is 0.870. The Morgan fingerprint density at radius 1 is 0.846 bits per heavy atom. The highest BCUT2D eigenvalue weighted by molar-refractivity contribution is 5.75.